The van der Waals surface area contributed by atoms with Crippen LogP contribution in [0, 0.1) is 11.3 Å². The SMILES string of the molecule is N#CC1(NC(=O)COC(=O)CC(c2ccccc2)c2ccccc2)CCCC1. The van der Waals surface area contributed by atoms with Crippen molar-refractivity contribution in [3.05, 3.63) is 71.8 Å². The normalized spacial score (nSPS) is 15.0. The minimum absolute atomic E-state index is 0.141. The Bertz CT molecular complexity index is 798. The number of nitrogens with zero attached hydrogens (tertiary/aromatic N) is 1. The summed E-state index contributed by atoms with van der Waals surface area (Å²) in [5.74, 6) is -1.00. The first-order valence-electron chi connectivity index (χ1n) is 9.60. The first-order chi connectivity index (χ1) is 13.6. The van der Waals surface area contributed by atoms with E-state index in [4.69, 9.17) is 4.74 Å². The van der Waals surface area contributed by atoms with Crippen molar-refractivity contribution < 1.29 is 14.3 Å². The van der Waals surface area contributed by atoms with E-state index in [1.807, 2.05) is 60.7 Å². The summed E-state index contributed by atoms with van der Waals surface area (Å²) in [7, 11) is 0. The molecule has 5 nitrogen and oxygen atoms in total. The number of benzene rings is 2. The Balaban J connectivity index is 1.60. The third kappa shape index (κ3) is 4.98. The van der Waals surface area contributed by atoms with Crippen molar-refractivity contribution in [1.29, 1.82) is 5.26 Å². The Labute approximate surface area is 165 Å². The fourth-order valence-corrected chi connectivity index (χ4v) is 3.72. The molecule has 0 radical (unpaired) electrons. The second-order valence-corrected chi connectivity index (χ2v) is 7.19. The second kappa shape index (κ2) is 9.18. The van der Waals surface area contributed by atoms with Crippen LogP contribution in [-0.4, -0.2) is 24.0 Å². The van der Waals surface area contributed by atoms with Gasteiger partial charge in [0.15, 0.2) is 6.61 Å². The molecular weight excluding hydrogens is 352 g/mol. The summed E-state index contributed by atoms with van der Waals surface area (Å²) >= 11 is 0. The summed E-state index contributed by atoms with van der Waals surface area (Å²) in [6.45, 7) is -0.363. The van der Waals surface area contributed by atoms with Crippen molar-refractivity contribution in [3.63, 3.8) is 0 Å². The number of rotatable bonds is 7. The lowest BCUT2D eigenvalue weighted by Gasteiger charge is -2.22. The molecule has 2 aromatic rings. The number of ether oxygens (including phenoxy) is 1. The zero-order chi connectivity index (χ0) is 19.8. The van der Waals surface area contributed by atoms with Crippen LogP contribution in [0.1, 0.15) is 49.1 Å². The van der Waals surface area contributed by atoms with E-state index >= 15 is 0 Å². The van der Waals surface area contributed by atoms with Gasteiger partial charge in [-0.2, -0.15) is 5.26 Å². The zero-order valence-electron chi connectivity index (χ0n) is 15.8. The highest BCUT2D eigenvalue weighted by atomic mass is 16.5. The van der Waals surface area contributed by atoms with Crippen LogP contribution in [0.2, 0.25) is 0 Å². The van der Waals surface area contributed by atoms with Crippen LogP contribution < -0.4 is 5.32 Å². The third-order valence-electron chi connectivity index (χ3n) is 5.19. The molecule has 1 N–H and O–H groups in total. The molecule has 1 aliphatic carbocycles. The van der Waals surface area contributed by atoms with Gasteiger partial charge >= 0.3 is 5.97 Å². The van der Waals surface area contributed by atoms with E-state index in [0.717, 1.165) is 24.0 Å². The number of hydrogen-bond donors (Lipinski definition) is 1. The number of amides is 1. The van der Waals surface area contributed by atoms with Crippen molar-refractivity contribution in [2.75, 3.05) is 6.61 Å². The van der Waals surface area contributed by atoms with Crippen LogP contribution in [0.4, 0.5) is 0 Å². The molecule has 0 spiro atoms. The van der Waals surface area contributed by atoms with Crippen molar-refractivity contribution in [1.82, 2.24) is 5.32 Å². The van der Waals surface area contributed by atoms with Crippen LogP contribution in [0.5, 0.6) is 0 Å². The maximum Gasteiger partial charge on any atom is 0.307 e. The van der Waals surface area contributed by atoms with Gasteiger partial charge in [-0.15, -0.1) is 0 Å². The number of esters is 1. The number of hydrogen-bond acceptors (Lipinski definition) is 4. The standard InChI is InChI=1S/C23H24N2O3/c24-17-23(13-7-8-14-23)25-21(26)16-28-22(27)15-20(18-9-3-1-4-10-18)19-11-5-2-6-12-19/h1-6,9-12,20H,7-8,13-16H2,(H,25,26). The molecular formula is C23H24N2O3. The third-order valence-corrected chi connectivity index (χ3v) is 5.19. The van der Waals surface area contributed by atoms with Gasteiger partial charge in [0, 0.05) is 5.92 Å². The number of carbonyl (C=O) groups excluding carboxylic acids is 2. The Kier molecular flexibility index (Phi) is 6.44. The maximum atomic E-state index is 12.4. The zero-order valence-corrected chi connectivity index (χ0v) is 15.8. The van der Waals surface area contributed by atoms with E-state index < -0.39 is 17.4 Å². The summed E-state index contributed by atoms with van der Waals surface area (Å²) in [6.07, 6.45) is 3.28. The van der Waals surface area contributed by atoms with Crippen LogP contribution in [-0.2, 0) is 14.3 Å². The fraction of sp³-hybridized carbons (Fsp3) is 0.348. The van der Waals surface area contributed by atoms with Gasteiger partial charge < -0.3 is 10.1 Å². The summed E-state index contributed by atoms with van der Waals surface area (Å²) < 4.78 is 5.22. The highest BCUT2D eigenvalue weighted by Crippen LogP contribution is 2.29. The van der Waals surface area contributed by atoms with Gasteiger partial charge in [-0.25, -0.2) is 0 Å². The molecule has 5 heteroatoms. The van der Waals surface area contributed by atoms with Gasteiger partial charge in [0.25, 0.3) is 5.91 Å². The lowest BCUT2D eigenvalue weighted by Crippen LogP contribution is -2.46. The van der Waals surface area contributed by atoms with Crippen LogP contribution in [0.25, 0.3) is 0 Å². The Morgan fingerprint density at radius 2 is 1.54 bits per heavy atom. The molecule has 0 aliphatic heterocycles. The van der Waals surface area contributed by atoms with Crippen molar-refractivity contribution in [3.8, 4) is 6.07 Å². The van der Waals surface area contributed by atoms with Crippen molar-refractivity contribution in [2.24, 2.45) is 0 Å². The molecule has 0 unspecified atom stereocenters. The van der Waals surface area contributed by atoms with E-state index in [1.54, 1.807) is 0 Å². The van der Waals surface area contributed by atoms with E-state index in [0.29, 0.717) is 12.8 Å². The molecule has 1 aliphatic rings. The van der Waals surface area contributed by atoms with Crippen molar-refractivity contribution >= 4 is 11.9 Å². The summed E-state index contributed by atoms with van der Waals surface area (Å²) in [5.41, 5.74) is 1.23. The Morgan fingerprint density at radius 1 is 1.00 bits per heavy atom. The summed E-state index contributed by atoms with van der Waals surface area (Å²) in [4.78, 5) is 24.6. The molecule has 0 atom stereocenters. The minimum Gasteiger partial charge on any atom is -0.456 e. The smallest absolute Gasteiger partial charge is 0.307 e. The quantitative estimate of drug-likeness (QED) is 0.747. The van der Waals surface area contributed by atoms with Gasteiger partial charge in [0.1, 0.15) is 5.54 Å². The Morgan fingerprint density at radius 3 is 2.04 bits per heavy atom. The van der Waals surface area contributed by atoms with Gasteiger partial charge in [0.2, 0.25) is 0 Å². The van der Waals surface area contributed by atoms with Crippen LogP contribution in [0.3, 0.4) is 0 Å². The predicted molar refractivity (Wildman–Crippen MR) is 105 cm³/mol. The van der Waals surface area contributed by atoms with E-state index in [1.165, 1.54) is 0 Å². The van der Waals surface area contributed by atoms with Gasteiger partial charge in [-0.05, 0) is 36.8 Å². The lowest BCUT2D eigenvalue weighted by atomic mass is 9.89. The van der Waals surface area contributed by atoms with Gasteiger partial charge in [0.05, 0.1) is 12.5 Å². The van der Waals surface area contributed by atoms with E-state index in [9.17, 15) is 14.9 Å². The molecule has 3 rings (SSSR count). The largest absolute Gasteiger partial charge is 0.456 e. The first-order valence-corrected chi connectivity index (χ1v) is 9.60. The molecule has 0 bridgehead atoms. The molecule has 1 saturated carbocycles. The number of carbonyl (C=O) groups is 2. The van der Waals surface area contributed by atoms with Crippen molar-refractivity contribution in [2.45, 2.75) is 43.6 Å². The minimum atomic E-state index is -0.805. The van der Waals surface area contributed by atoms with Crippen LogP contribution in [0.15, 0.2) is 60.7 Å². The topological polar surface area (TPSA) is 79.2 Å². The average molecular weight is 376 g/mol. The average Bonchev–Trinajstić information content (AvgIpc) is 3.20. The number of nitrogens with one attached hydrogen (secondary N) is 1. The summed E-state index contributed by atoms with van der Waals surface area (Å²) in [6, 6.07) is 21.7. The highest BCUT2D eigenvalue weighted by Gasteiger charge is 2.35. The Hall–Kier alpha value is -3.13. The molecule has 2 aromatic carbocycles. The molecule has 144 valence electrons. The maximum absolute atomic E-state index is 12.4. The van der Waals surface area contributed by atoms with E-state index in [-0.39, 0.29) is 18.9 Å². The predicted octanol–water partition coefficient (Wildman–Crippen LogP) is 3.70. The molecule has 0 saturated heterocycles. The fourth-order valence-electron chi connectivity index (χ4n) is 3.72. The van der Waals surface area contributed by atoms with E-state index in [2.05, 4.69) is 11.4 Å². The lowest BCUT2D eigenvalue weighted by molar-refractivity contribution is -0.149. The molecule has 0 aromatic heterocycles. The molecule has 1 amide bonds. The van der Waals surface area contributed by atoms with Gasteiger partial charge in [-0.3, -0.25) is 9.59 Å². The molecule has 1 fully saturated rings. The highest BCUT2D eigenvalue weighted by molar-refractivity contribution is 5.81. The van der Waals surface area contributed by atoms with Crippen LogP contribution >= 0.6 is 0 Å². The summed E-state index contributed by atoms with van der Waals surface area (Å²) in [5, 5.41) is 12.1. The second-order valence-electron chi connectivity index (χ2n) is 7.19. The van der Waals surface area contributed by atoms with Gasteiger partial charge in [-0.1, -0.05) is 60.7 Å². The molecule has 28 heavy (non-hydrogen) atoms. The molecule has 0 heterocycles. The monoisotopic (exact) mass is 376 g/mol. The first kappa shape index (κ1) is 19.6. The number of nitriles is 1.